The Morgan fingerprint density at radius 1 is 0.762 bits per heavy atom. The van der Waals surface area contributed by atoms with Gasteiger partial charge in [-0.3, -0.25) is 0 Å². The van der Waals surface area contributed by atoms with Crippen molar-refractivity contribution in [3.8, 4) is 11.1 Å². The molecule has 0 fully saturated rings. The van der Waals surface area contributed by atoms with E-state index in [0.29, 0.717) is 10.0 Å². The van der Waals surface area contributed by atoms with Crippen LogP contribution >= 0.6 is 23.2 Å². The molecule has 0 amide bonds. The Kier molecular flexibility index (Phi) is 4.09. The molecule has 1 aromatic heterocycles. The van der Waals surface area contributed by atoms with Gasteiger partial charge in [0.1, 0.15) is 5.82 Å². The fourth-order valence-corrected chi connectivity index (χ4v) is 2.74. The normalized spacial score (nSPS) is 10.4. The Morgan fingerprint density at radius 2 is 1.48 bits per heavy atom. The van der Waals surface area contributed by atoms with Crippen molar-refractivity contribution >= 4 is 34.7 Å². The van der Waals surface area contributed by atoms with Crippen LogP contribution < -0.4 is 5.32 Å². The molecule has 0 saturated heterocycles. The molecule has 0 aliphatic carbocycles. The molecule has 3 aromatic rings. The molecule has 0 unspecified atom stereocenters. The number of hydrogen-bond donors (Lipinski definition) is 1. The molecule has 104 valence electrons. The first-order valence-corrected chi connectivity index (χ1v) is 7.23. The first-order chi connectivity index (χ1) is 10.3. The highest BCUT2D eigenvalue weighted by Gasteiger charge is 2.12. The van der Waals surface area contributed by atoms with Crippen LogP contribution in [0.2, 0.25) is 10.0 Å². The molecule has 0 aliphatic rings. The van der Waals surface area contributed by atoms with Crippen LogP contribution in [0, 0.1) is 0 Å². The van der Waals surface area contributed by atoms with Gasteiger partial charge in [-0.15, -0.1) is 0 Å². The van der Waals surface area contributed by atoms with E-state index >= 15 is 0 Å². The molecule has 21 heavy (non-hydrogen) atoms. The molecule has 1 N–H and O–H groups in total. The third-order valence-electron chi connectivity index (χ3n) is 3.09. The fraction of sp³-hybridized carbons (Fsp3) is 0. The Bertz CT molecular complexity index is 737. The van der Waals surface area contributed by atoms with E-state index in [0.717, 1.165) is 22.6 Å². The standard InChI is InChI=1S/C17H12Cl2N2/c18-13-7-5-8-14(19)17(13)12-6-1-2-9-15(12)21-16-10-3-4-11-20-16/h1-11H,(H,20,21). The molecule has 0 atom stereocenters. The van der Waals surface area contributed by atoms with Gasteiger partial charge in [0.15, 0.2) is 0 Å². The predicted molar refractivity (Wildman–Crippen MR) is 89.4 cm³/mol. The topological polar surface area (TPSA) is 24.9 Å². The lowest BCUT2D eigenvalue weighted by Gasteiger charge is -2.14. The maximum Gasteiger partial charge on any atom is 0.130 e. The summed E-state index contributed by atoms with van der Waals surface area (Å²) in [5, 5.41) is 4.54. The van der Waals surface area contributed by atoms with Crippen molar-refractivity contribution in [2.45, 2.75) is 0 Å². The van der Waals surface area contributed by atoms with Crippen LogP contribution in [0.25, 0.3) is 11.1 Å². The number of halogens is 2. The van der Waals surface area contributed by atoms with Gasteiger partial charge in [-0.2, -0.15) is 0 Å². The van der Waals surface area contributed by atoms with E-state index in [2.05, 4.69) is 10.3 Å². The van der Waals surface area contributed by atoms with Gasteiger partial charge in [-0.1, -0.05) is 53.5 Å². The third kappa shape index (κ3) is 3.02. The van der Waals surface area contributed by atoms with Crippen molar-refractivity contribution < 1.29 is 0 Å². The van der Waals surface area contributed by atoms with E-state index in [-0.39, 0.29) is 0 Å². The van der Waals surface area contributed by atoms with Crippen LogP contribution in [0.4, 0.5) is 11.5 Å². The average molecular weight is 315 g/mol. The van der Waals surface area contributed by atoms with Gasteiger partial charge in [-0.05, 0) is 30.3 Å². The minimum atomic E-state index is 0.623. The van der Waals surface area contributed by atoms with Crippen molar-refractivity contribution in [3.05, 3.63) is 76.9 Å². The zero-order valence-corrected chi connectivity index (χ0v) is 12.6. The summed E-state index contributed by atoms with van der Waals surface area (Å²) < 4.78 is 0. The van der Waals surface area contributed by atoms with Crippen LogP contribution in [0.5, 0.6) is 0 Å². The van der Waals surface area contributed by atoms with E-state index in [4.69, 9.17) is 23.2 Å². The minimum absolute atomic E-state index is 0.623. The summed E-state index contributed by atoms with van der Waals surface area (Å²) in [5.74, 6) is 0.771. The van der Waals surface area contributed by atoms with Crippen LogP contribution in [0.1, 0.15) is 0 Å². The second-order valence-electron chi connectivity index (χ2n) is 4.48. The van der Waals surface area contributed by atoms with Crippen LogP contribution in [0.3, 0.4) is 0 Å². The Morgan fingerprint density at radius 3 is 2.19 bits per heavy atom. The number of anilines is 2. The summed E-state index contributed by atoms with van der Waals surface area (Å²) in [6.45, 7) is 0. The van der Waals surface area contributed by atoms with Crippen LogP contribution in [-0.2, 0) is 0 Å². The zero-order chi connectivity index (χ0) is 14.7. The Labute approximate surface area is 133 Å². The highest BCUT2D eigenvalue weighted by molar-refractivity contribution is 6.39. The lowest BCUT2D eigenvalue weighted by Crippen LogP contribution is -1.95. The lowest BCUT2D eigenvalue weighted by atomic mass is 10.0. The summed E-state index contributed by atoms with van der Waals surface area (Å²) in [6, 6.07) is 19.1. The van der Waals surface area contributed by atoms with Gasteiger partial charge in [0.25, 0.3) is 0 Å². The van der Waals surface area contributed by atoms with Gasteiger partial charge >= 0.3 is 0 Å². The quantitative estimate of drug-likeness (QED) is 0.661. The van der Waals surface area contributed by atoms with Gasteiger partial charge in [0, 0.05) is 33.1 Å². The number of rotatable bonds is 3. The Balaban J connectivity index is 2.08. The van der Waals surface area contributed by atoms with Crippen molar-refractivity contribution in [2.75, 3.05) is 5.32 Å². The van der Waals surface area contributed by atoms with Gasteiger partial charge in [-0.25, -0.2) is 4.98 Å². The predicted octanol–water partition coefficient (Wildman–Crippen LogP) is 5.80. The Hall–Kier alpha value is -2.03. The zero-order valence-electron chi connectivity index (χ0n) is 11.1. The molecular weight excluding hydrogens is 303 g/mol. The molecule has 0 aliphatic heterocycles. The third-order valence-corrected chi connectivity index (χ3v) is 3.72. The number of pyridine rings is 1. The number of benzene rings is 2. The largest absolute Gasteiger partial charge is 0.340 e. The lowest BCUT2D eigenvalue weighted by molar-refractivity contribution is 1.31. The molecule has 0 bridgehead atoms. The van der Waals surface area contributed by atoms with Crippen LogP contribution in [-0.4, -0.2) is 4.98 Å². The summed E-state index contributed by atoms with van der Waals surface area (Å²) in [6.07, 6.45) is 1.74. The summed E-state index contributed by atoms with van der Waals surface area (Å²) in [5.41, 5.74) is 2.67. The van der Waals surface area contributed by atoms with Crippen molar-refractivity contribution in [1.82, 2.24) is 4.98 Å². The van der Waals surface area contributed by atoms with E-state index in [9.17, 15) is 0 Å². The van der Waals surface area contributed by atoms with Crippen molar-refractivity contribution in [3.63, 3.8) is 0 Å². The number of nitrogens with one attached hydrogen (secondary N) is 1. The molecule has 2 nitrogen and oxygen atoms in total. The molecule has 3 rings (SSSR count). The average Bonchev–Trinajstić information content (AvgIpc) is 2.50. The molecule has 2 aromatic carbocycles. The maximum atomic E-state index is 6.31. The molecule has 4 heteroatoms. The summed E-state index contributed by atoms with van der Waals surface area (Å²) >= 11 is 12.6. The monoisotopic (exact) mass is 314 g/mol. The molecule has 0 saturated carbocycles. The van der Waals surface area contributed by atoms with Crippen LogP contribution in [0.15, 0.2) is 66.9 Å². The van der Waals surface area contributed by atoms with E-state index in [1.165, 1.54) is 0 Å². The van der Waals surface area contributed by atoms with Crippen molar-refractivity contribution in [2.24, 2.45) is 0 Å². The first-order valence-electron chi connectivity index (χ1n) is 6.47. The maximum absolute atomic E-state index is 6.31. The number of para-hydroxylation sites is 1. The minimum Gasteiger partial charge on any atom is -0.340 e. The second-order valence-corrected chi connectivity index (χ2v) is 5.30. The molecule has 0 radical (unpaired) electrons. The fourth-order valence-electron chi connectivity index (χ4n) is 2.14. The second kappa shape index (κ2) is 6.17. The van der Waals surface area contributed by atoms with Gasteiger partial charge < -0.3 is 5.32 Å². The first kappa shape index (κ1) is 13.9. The van der Waals surface area contributed by atoms with Crippen molar-refractivity contribution in [1.29, 1.82) is 0 Å². The smallest absolute Gasteiger partial charge is 0.130 e. The molecular formula is C17H12Cl2N2. The summed E-state index contributed by atoms with van der Waals surface area (Å²) in [7, 11) is 0. The highest BCUT2D eigenvalue weighted by atomic mass is 35.5. The van der Waals surface area contributed by atoms with E-state index < -0.39 is 0 Å². The van der Waals surface area contributed by atoms with E-state index in [1.54, 1.807) is 6.20 Å². The highest BCUT2D eigenvalue weighted by Crippen LogP contribution is 2.39. The molecule has 0 spiro atoms. The van der Waals surface area contributed by atoms with E-state index in [1.807, 2.05) is 60.7 Å². The number of nitrogens with zero attached hydrogens (tertiary/aromatic N) is 1. The molecule has 1 heterocycles. The van der Waals surface area contributed by atoms with Gasteiger partial charge in [0.2, 0.25) is 0 Å². The SMILES string of the molecule is Clc1cccc(Cl)c1-c1ccccc1Nc1ccccn1. The number of hydrogen-bond acceptors (Lipinski definition) is 2. The summed E-state index contributed by atoms with van der Waals surface area (Å²) in [4.78, 5) is 4.28. The van der Waals surface area contributed by atoms with Gasteiger partial charge in [0.05, 0.1) is 0 Å². The number of aromatic nitrogens is 1.